The summed E-state index contributed by atoms with van der Waals surface area (Å²) in [5.74, 6) is 0. The third-order valence-corrected chi connectivity index (χ3v) is 7.36. The van der Waals surface area contributed by atoms with E-state index in [1.807, 2.05) is 0 Å². The van der Waals surface area contributed by atoms with Crippen LogP contribution in [0.4, 0.5) is 29.3 Å². The number of aryl methyl sites for hydroxylation is 1. The van der Waals surface area contributed by atoms with Crippen LogP contribution in [0.5, 0.6) is 0 Å². The third-order valence-electron chi connectivity index (χ3n) is 5.76. The van der Waals surface area contributed by atoms with Crippen LogP contribution in [0.1, 0.15) is 23.1 Å². The number of hydrogen-bond donors (Lipinski definition) is 1. The molecule has 3 aromatic rings. The van der Waals surface area contributed by atoms with E-state index in [9.17, 15) is 26.4 Å². The minimum absolute atomic E-state index is 0.0173. The molecule has 2 amide bonds. The maximum atomic E-state index is 13.4. The molecule has 1 saturated heterocycles. The number of sulfonamides is 1. The maximum Gasteiger partial charge on any atom is 0.416 e. The zero-order valence-electron chi connectivity index (χ0n) is 19.2. The van der Waals surface area contributed by atoms with Gasteiger partial charge in [-0.1, -0.05) is 35.9 Å². The number of nitrogens with one attached hydrogen (secondary N) is 1. The standard InChI is InChI=1S/C25H23ClF3N3O3S/c1-17-6-11-23(22(14-17)30-36(34,35)21-5-2-4-20(26)15-21)32-13-3-12-31(24(32)33)16-18-7-9-19(10-8-18)25(27,28)29/h2,4-11,14-15,30H,3,12-13,16H2,1H3. The van der Waals surface area contributed by atoms with E-state index in [4.69, 9.17) is 11.6 Å². The van der Waals surface area contributed by atoms with Crippen molar-refractivity contribution in [3.63, 3.8) is 0 Å². The second-order valence-corrected chi connectivity index (χ2v) is 10.6. The molecule has 3 aromatic carbocycles. The first-order valence-electron chi connectivity index (χ1n) is 11.1. The van der Waals surface area contributed by atoms with Crippen molar-refractivity contribution in [1.82, 2.24) is 4.90 Å². The Morgan fingerprint density at radius 1 is 1.00 bits per heavy atom. The molecule has 1 aliphatic rings. The molecule has 0 bridgehead atoms. The van der Waals surface area contributed by atoms with Crippen molar-refractivity contribution in [1.29, 1.82) is 0 Å². The maximum absolute atomic E-state index is 13.4. The number of benzene rings is 3. The van der Waals surface area contributed by atoms with Crippen LogP contribution in [-0.4, -0.2) is 32.4 Å². The van der Waals surface area contributed by atoms with Crippen LogP contribution in [0.2, 0.25) is 5.02 Å². The Kier molecular flexibility index (Phi) is 7.19. The van der Waals surface area contributed by atoms with Crippen molar-refractivity contribution in [3.8, 4) is 0 Å². The molecule has 1 fully saturated rings. The highest BCUT2D eigenvalue weighted by Gasteiger charge is 2.31. The highest BCUT2D eigenvalue weighted by atomic mass is 35.5. The lowest BCUT2D eigenvalue weighted by molar-refractivity contribution is -0.137. The van der Waals surface area contributed by atoms with Gasteiger partial charge >= 0.3 is 12.2 Å². The number of urea groups is 1. The first kappa shape index (κ1) is 25.8. The monoisotopic (exact) mass is 537 g/mol. The minimum Gasteiger partial charge on any atom is -0.320 e. The highest BCUT2D eigenvalue weighted by molar-refractivity contribution is 7.92. The van der Waals surface area contributed by atoms with Crippen LogP contribution in [-0.2, 0) is 22.7 Å². The van der Waals surface area contributed by atoms with E-state index in [-0.39, 0.29) is 28.2 Å². The summed E-state index contributed by atoms with van der Waals surface area (Å²) in [5.41, 5.74) is 1.21. The van der Waals surface area contributed by atoms with Gasteiger partial charge in [0.15, 0.2) is 0 Å². The lowest BCUT2D eigenvalue weighted by atomic mass is 10.1. The summed E-state index contributed by atoms with van der Waals surface area (Å²) in [7, 11) is -3.99. The van der Waals surface area contributed by atoms with Gasteiger partial charge in [0.1, 0.15) is 0 Å². The molecule has 6 nitrogen and oxygen atoms in total. The van der Waals surface area contributed by atoms with Crippen molar-refractivity contribution < 1.29 is 26.4 Å². The Bertz CT molecular complexity index is 1380. The van der Waals surface area contributed by atoms with Gasteiger partial charge in [-0.15, -0.1) is 0 Å². The fourth-order valence-corrected chi connectivity index (χ4v) is 5.34. The summed E-state index contributed by atoms with van der Waals surface area (Å²) < 4.78 is 67.2. The average Bonchev–Trinajstić information content (AvgIpc) is 2.80. The predicted octanol–water partition coefficient (Wildman–Crippen LogP) is 6.30. The average molecular weight is 538 g/mol. The molecule has 11 heteroatoms. The summed E-state index contributed by atoms with van der Waals surface area (Å²) in [6, 6.07) is 15.2. The molecule has 0 atom stereocenters. The van der Waals surface area contributed by atoms with E-state index >= 15 is 0 Å². The highest BCUT2D eigenvalue weighted by Crippen LogP contribution is 2.33. The first-order chi connectivity index (χ1) is 16.9. The van der Waals surface area contributed by atoms with Gasteiger partial charge in [-0.25, -0.2) is 13.2 Å². The second kappa shape index (κ2) is 10.0. The number of amides is 2. The summed E-state index contributed by atoms with van der Waals surface area (Å²) in [4.78, 5) is 16.3. The van der Waals surface area contributed by atoms with Gasteiger partial charge in [-0.05, 0) is 66.9 Å². The molecule has 0 spiro atoms. The summed E-state index contributed by atoms with van der Waals surface area (Å²) in [5, 5.41) is 0.271. The SMILES string of the molecule is Cc1ccc(N2CCCN(Cc3ccc(C(F)(F)F)cc3)C2=O)c(NS(=O)(=O)c2cccc(Cl)c2)c1. The first-order valence-corrected chi connectivity index (χ1v) is 12.9. The zero-order chi connectivity index (χ0) is 26.1. The van der Waals surface area contributed by atoms with Crippen molar-refractivity contribution in [3.05, 3.63) is 88.4 Å². The van der Waals surface area contributed by atoms with Crippen LogP contribution in [0.15, 0.2) is 71.6 Å². The van der Waals surface area contributed by atoms with E-state index in [1.54, 1.807) is 31.2 Å². The Morgan fingerprint density at radius 3 is 2.39 bits per heavy atom. The number of hydrogen-bond acceptors (Lipinski definition) is 3. The van der Waals surface area contributed by atoms with Gasteiger partial charge in [0.05, 0.1) is 21.8 Å². The molecule has 190 valence electrons. The van der Waals surface area contributed by atoms with Crippen LogP contribution in [0.25, 0.3) is 0 Å². The molecule has 0 aliphatic carbocycles. The van der Waals surface area contributed by atoms with E-state index in [0.29, 0.717) is 30.8 Å². The lowest BCUT2D eigenvalue weighted by Gasteiger charge is -2.36. The van der Waals surface area contributed by atoms with Crippen LogP contribution in [0, 0.1) is 6.92 Å². The van der Waals surface area contributed by atoms with Crippen molar-refractivity contribution in [2.45, 2.75) is 31.0 Å². The van der Waals surface area contributed by atoms with Crippen LogP contribution in [0.3, 0.4) is 0 Å². The fraction of sp³-hybridized carbons (Fsp3) is 0.240. The van der Waals surface area contributed by atoms with Crippen molar-refractivity contribution in [2.24, 2.45) is 0 Å². The number of halogens is 4. The van der Waals surface area contributed by atoms with Crippen molar-refractivity contribution in [2.75, 3.05) is 22.7 Å². The molecule has 1 N–H and O–H groups in total. The fourth-order valence-electron chi connectivity index (χ4n) is 3.98. The number of nitrogens with zero attached hydrogens (tertiary/aromatic N) is 2. The largest absolute Gasteiger partial charge is 0.416 e. The van der Waals surface area contributed by atoms with E-state index in [2.05, 4.69) is 4.72 Å². The van der Waals surface area contributed by atoms with Crippen LogP contribution >= 0.6 is 11.6 Å². The Labute approximate surface area is 212 Å². The number of rotatable bonds is 6. The van der Waals surface area contributed by atoms with Gasteiger partial charge < -0.3 is 4.90 Å². The Balaban J connectivity index is 1.58. The number of alkyl halides is 3. The quantitative estimate of drug-likeness (QED) is 0.401. The number of anilines is 2. The van der Waals surface area contributed by atoms with E-state index in [0.717, 1.165) is 17.7 Å². The Hall–Kier alpha value is -3.24. The molecule has 0 saturated carbocycles. The predicted molar refractivity (Wildman–Crippen MR) is 133 cm³/mol. The normalized spacial score (nSPS) is 14.8. The number of carbonyl (C=O) groups is 1. The van der Waals surface area contributed by atoms with Gasteiger partial charge in [0.2, 0.25) is 0 Å². The second-order valence-electron chi connectivity index (χ2n) is 8.49. The molecular weight excluding hydrogens is 515 g/mol. The molecule has 1 aliphatic heterocycles. The molecule has 0 radical (unpaired) electrons. The number of carbonyl (C=O) groups excluding carboxylic acids is 1. The molecule has 0 aromatic heterocycles. The Morgan fingerprint density at radius 2 is 1.72 bits per heavy atom. The minimum atomic E-state index is -4.43. The van der Waals surface area contributed by atoms with Gasteiger partial charge in [0, 0.05) is 24.7 Å². The van der Waals surface area contributed by atoms with E-state index < -0.39 is 21.8 Å². The third kappa shape index (κ3) is 5.76. The topological polar surface area (TPSA) is 69.7 Å². The van der Waals surface area contributed by atoms with Gasteiger partial charge in [-0.3, -0.25) is 9.62 Å². The zero-order valence-corrected chi connectivity index (χ0v) is 20.8. The molecule has 0 unspecified atom stereocenters. The van der Waals surface area contributed by atoms with E-state index in [1.165, 1.54) is 40.1 Å². The summed E-state index contributed by atoms with van der Waals surface area (Å²) in [6.07, 6.45) is -3.84. The van der Waals surface area contributed by atoms with Crippen molar-refractivity contribution >= 4 is 39.0 Å². The molecular formula is C25H23ClF3N3O3S. The lowest BCUT2D eigenvalue weighted by Crippen LogP contribution is -2.49. The summed E-state index contributed by atoms with van der Waals surface area (Å²) >= 11 is 5.96. The van der Waals surface area contributed by atoms with Crippen LogP contribution < -0.4 is 9.62 Å². The summed E-state index contributed by atoms with van der Waals surface area (Å²) in [6.45, 7) is 2.71. The molecule has 36 heavy (non-hydrogen) atoms. The van der Waals surface area contributed by atoms with Gasteiger partial charge in [0.25, 0.3) is 10.0 Å². The smallest absolute Gasteiger partial charge is 0.320 e. The van der Waals surface area contributed by atoms with Gasteiger partial charge in [-0.2, -0.15) is 13.2 Å². The molecule has 1 heterocycles. The molecule has 4 rings (SSSR count).